The Morgan fingerprint density at radius 3 is 2.82 bits per heavy atom. The Hall–Kier alpha value is -1.07. The van der Waals surface area contributed by atoms with Crippen molar-refractivity contribution >= 4 is 27.5 Å². The number of hydrogen-bond donors (Lipinski definition) is 2. The van der Waals surface area contributed by atoms with Gasteiger partial charge < -0.3 is 15.8 Å². The Morgan fingerprint density at radius 2 is 2.29 bits per heavy atom. The minimum Gasteiger partial charge on any atom is -0.398 e. The second-order valence-corrected chi connectivity index (χ2v) is 4.62. The largest absolute Gasteiger partial charge is 0.398 e. The fourth-order valence-corrected chi connectivity index (χ4v) is 1.66. The first-order chi connectivity index (χ1) is 8.08. The number of anilines is 1. The Balaban J connectivity index is 2.72. The third-order valence-electron chi connectivity index (χ3n) is 2.45. The molecule has 3 N–H and O–H groups in total. The van der Waals surface area contributed by atoms with Crippen LogP contribution in [0.2, 0.25) is 0 Å². The van der Waals surface area contributed by atoms with Crippen molar-refractivity contribution < 1.29 is 9.53 Å². The van der Waals surface area contributed by atoms with Crippen LogP contribution in [0.3, 0.4) is 0 Å². The monoisotopic (exact) mass is 300 g/mol. The van der Waals surface area contributed by atoms with Crippen LogP contribution in [0, 0.1) is 0 Å². The van der Waals surface area contributed by atoms with Crippen LogP contribution in [0.25, 0.3) is 0 Å². The number of hydrogen-bond acceptors (Lipinski definition) is 3. The molecule has 1 atom stereocenters. The van der Waals surface area contributed by atoms with E-state index in [4.69, 9.17) is 10.5 Å². The lowest BCUT2D eigenvalue weighted by atomic mass is 10.1. The van der Waals surface area contributed by atoms with Gasteiger partial charge in [-0.3, -0.25) is 4.79 Å². The summed E-state index contributed by atoms with van der Waals surface area (Å²) in [7, 11) is 1.62. The predicted octanol–water partition coefficient (Wildman–Crippen LogP) is 2.19. The molecule has 0 aromatic heterocycles. The number of ether oxygens (including phenoxy) is 1. The Labute approximate surface area is 110 Å². The van der Waals surface area contributed by atoms with Crippen LogP contribution in [-0.4, -0.2) is 25.7 Å². The van der Waals surface area contributed by atoms with Crippen molar-refractivity contribution in [3.05, 3.63) is 28.2 Å². The van der Waals surface area contributed by atoms with Crippen LogP contribution in [0.4, 0.5) is 5.69 Å². The average Bonchev–Trinajstić information content (AvgIpc) is 2.31. The molecule has 0 bridgehead atoms. The smallest absolute Gasteiger partial charge is 0.251 e. The summed E-state index contributed by atoms with van der Waals surface area (Å²) in [6.07, 6.45) is 0.825. The van der Waals surface area contributed by atoms with Gasteiger partial charge in [0.05, 0.1) is 12.6 Å². The van der Waals surface area contributed by atoms with E-state index in [0.717, 1.165) is 10.9 Å². The molecule has 0 aliphatic carbocycles. The van der Waals surface area contributed by atoms with Crippen molar-refractivity contribution in [1.82, 2.24) is 5.32 Å². The second-order valence-electron chi connectivity index (χ2n) is 3.77. The van der Waals surface area contributed by atoms with E-state index in [1.807, 2.05) is 6.92 Å². The zero-order chi connectivity index (χ0) is 12.8. The molecule has 1 amide bonds. The second kappa shape index (κ2) is 6.61. The van der Waals surface area contributed by atoms with Crippen molar-refractivity contribution in [1.29, 1.82) is 0 Å². The van der Waals surface area contributed by atoms with Gasteiger partial charge in [0.2, 0.25) is 0 Å². The van der Waals surface area contributed by atoms with E-state index >= 15 is 0 Å². The van der Waals surface area contributed by atoms with E-state index < -0.39 is 0 Å². The summed E-state index contributed by atoms with van der Waals surface area (Å²) >= 11 is 3.29. The highest BCUT2D eigenvalue weighted by Gasteiger charge is 2.12. The van der Waals surface area contributed by atoms with Crippen molar-refractivity contribution in [3.8, 4) is 0 Å². The molecule has 0 spiro atoms. The van der Waals surface area contributed by atoms with Gasteiger partial charge in [-0.25, -0.2) is 0 Å². The number of nitrogens with two attached hydrogens (primary N) is 1. The lowest BCUT2D eigenvalue weighted by molar-refractivity contribution is 0.0894. The molecule has 1 aromatic rings. The summed E-state index contributed by atoms with van der Waals surface area (Å²) in [5.41, 5.74) is 6.84. The number of carbonyl (C=O) groups is 1. The van der Waals surface area contributed by atoms with Crippen molar-refractivity contribution in [2.45, 2.75) is 19.4 Å². The lowest BCUT2D eigenvalue weighted by Gasteiger charge is -2.16. The number of nitrogen functional groups attached to an aromatic ring is 1. The number of amides is 1. The molecule has 1 aromatic carbocycles. The molecule has 1 unspecified atom stereocenters. The van der Waals surface area contributed by atoms with Crippen LogP contribution in [0.1, 0.15) is 23.7 Å². The summed E-state index contributed by atoms with van der Waals surface area (Å²) in [5.74, 6) is -0.131. The first-order valence-electron chi connectivity index (χ1n) is 5.43. The molecule has 0 aliphatic rings. The summed E-state index contributed by atoms with van der Waals surface area (Å²) < 4.78 is 5.82. The summed E-state index contributed by atoms with van der Waals surface area (Å²) in [6.45, 7) is 2.51. The molecule has 0 heterocycles. The SMILES string of the molecule is CCC(COC)NC(=O)c1ccc(Br)c(N)c1. The third-order valence-corrected chi connectivity index (χ3v) is 3.18. The summed E-state index contributed by atoms with van der Waals surface area (Å²) in [4.78, 5) is 11.9. The van der Waals surface area contributed by atoms with Crippen LogP contribution >= 0.6 is 15.9 Å². The summed E-state index contributed by atoms with van der Waals surface area (Å²) in [5, 5.41) is 2.90. The van der Waals surface area contributed by atoms with E-state index in [1.54, 1.807) is 25.3 Å². The molecule has 94 valence electrons. The fourth-order valence-electron chi connectivity index (χ4n) is 1.42. The number of methoxy groups -OCH3 is 1. The van der Waals surface area contributed by atoms with Gasteiger partial charge in [-0.2, -0.15) is 0 Å². The minimum absolute atomic E-state index is 0.0253. The van der Waals surface area contributed by atoms with Gasteiger partial charge in [0.1, 0.15) is 0 Å². The number of halogens is 1. The van der Waals surface area contributed by atoms with E-state index in [1.165, 1.54) is 0 Å². The van der Waals surface area contributed by atoms with Crippen LogP contribution in [0.5, 0.6) is 0 Å². The minimum atomic E-state index is -0.131. The molecule has 0 fully saturated rings. The van der Waals surface area contributed by atoms with Gasteiger partial charge in [0, 0.05) is 22.8 Å². The number of benzene rings is 1. The molecule has 5 heteroatoms. The van der Waals surface area contributed by atoms with Gasteiger partial charge >= 0.3 is 0 Å². The first-order valence-corrected chi connectivity index (χ1v) is 6.22. The molecule has 0 aliphatic heterocycles. The summed E-state index contributed by atoms with van der Waals surface area (Å²) in [6, 6.07) is 5.17. The quantitative estimate of drug-likeness (QED) is 0.819. The van der Waals surface area contributed by atoms with E-state index in [0.29, 0.717) is 17.9 Å². The molecule has 0 saturated heterocycles. The molecular formula is C12H17BrN2O2. The maximum absolute atomic E-state index is 11.9. The first kappa shape index (κ1) is 14.0. The molecular weight excluding hydrogens is 284 g/mol. The third kappa shape index (κ3) is 4.02. The maximum Gasteiger partial charge on any atom is 0.251 e. The van der Waals surface area contributed by atoms with Crippen molar-refractivity contribution in [2.75, 3.05) is 19.5 Å². The topological polar surface area (TPSA) is 64.3 Å². The van der Waals surface area contributed by atoms with E-state index in [2.05, 4.69) is 21.2 Å². The molecule has 17 heavy (non-hydrogen) atoms. The van der Waals surface area contributed by atoms with Gasteiger partial charge in [-0.1, -0.05) is 6.92 Å². The van der Waals surface area contributed by atoms with Crippen molar-refractivity contribution in [3.63, 3.8) is 0 Å². The Morgan fingerprint density at radius 1 is 1.59 bits per heavy atom. The zero-order valence-corrected chi connectivity index (χ0v) is 11.6. The van der Waals surface area contributed by atoms with E-state index in [-0.39, 0.29) is 11.9 Å². The number of rotatable bonds is 5. The zero-order valence-electron chi connectivity index (χ0n) is 10.00. The van der Waals surface area contributed by atoms with Gasteiger partial charge in [-0.15, -0.1) is 0 Å². The molecule has 0 radical (unpaired) electrons. The standard InChI is InChI=1S/C12H17BrN2O2/c1-3-9(7-17-2)15-12(16)8-4-5-10(13)11(14)6-8/h4-6,9H,3,7,14H2,1-2H3,(H,15,16). The van der Waals surface area contributed by atoms with Crippen LogP contribution in [0.15, 0.2) is 22.7 Å². The highest BCUT2D eigenvalue weighted by atomic mass is 79.9. The number of carbonyl (C=O) groups excluding carboxylic acids is 1. The highest BCUT2D eigenvalue weighted by molar-refractivity contribution is 9.10. The molecule has 0 saturated carbocycles. The Kier molecular flexibility index (Phi) is 5.44. The molecule has 1 rings (SSSR count). The van der Waals surface area contributed by atoms with Gasteiger partial charge in [0.15, 0.2) is 0 Å². The fraction of sp³-hybridized carbons (Fsp3) is 0.417. The highest BCUT2D eigenvalue weighted by Crippen LogP contribution is 2.20. The maximum atomic E-state index is 11.9. The van der Waals surface area contributed by atoms with Crippen LogP contribution in [-0.2, 0) is 4.74 Å². The number of nitrogens with one attached hydrogen (secondary N) is 1. The van der Waals surface area contributed by atoms with Gasteiger partial charge in [-0.05, 0) is 40.5 Å². The van der Waals surface area contributed by atoms with Crippen LogP contribution < -0.4 is 11.1 Å². The molecule has 4 nitrogen and oxygen atoms in total. The van der Waals surface area contributed by atoms with Gasteiger partial charge in [0.25, 0.3) is 5.91 Å². The van der Waals surface area contributed by atoms with Crippen molar-refractivity contribution in [2.24, 2.45) is 0 Å². The normalized spacial score (nSPS) is 12.2. The Bertz CT molecular complexity index is 396. The predicted molar refractivity (Wildman–Crippen MR) is 72.0 cm³/mol. The van der Waals surface area contributed by atoms with E-state index in [9.17, 15) is 4.79 Å². The average molecular weight is 301 g/mol. The lowest BCUT2D eigenvalue weighted by Crippen LogP contribution is -2.37.